The number of rotatable bonds is 4. The van der Waals surface area contributed by atoms with E-state index in [9.17, 15) is 9.59 Å². The molecular formula is C15H22N2O4. The van der Waals surface area contributed by atoms with Crippen molar-refractivity contribution in [1.29, 1.82) is 0 Å². The van der Waals surface area contributed by atoms with Crippen molar-refractivity contribution in [1.82, 2.24) is 5.32 Å². The lowest BCUT2D eigenvalue weighted by atomic mass is 10.1. The van der Waals surface area contributed by atoms with Crippen LogP contribution in [-0.4, -0.2) is 30.8 Å². The van der Waals surface area contributed by atoms with Crippen LogP contribution in [0.3, 0.4) is 0 Å². The Morgan fingerprint density at radius 1 is 1.24 bits per heavy atom. The fraction of sp³-hybridized carbons (Fsp3) is 0.467. The summed E-state index contributed by atoms with van der Waals surface area (Å²) in [6.07, 6.45) is -0.361. The predicted molar refractivity (Wildman–Crippen MR) is 79.7 cm³/mol. The number of amides is 1. The van der Waals surface area contributed by atoms with Crippen LogP contribution in [0.15, 0.2) is 24.3 Å². The minimum atomic E-state index is -0.812. The van der Waals surface area contributed by atoms with Crippen LogP contribution in [0, 0.1) is 0 Å². The molecule has 1 aromatic rings. The first-order chi connectivity index (χ1) is 9.71. The second-order valence-corrected chi connectivity index (χ2v) is 5.67. The molecule has 0 unspecified atom stereocenters. The van der Waals surface area contributed by atoms with Crippen molar-refractivity contribution in [2.45, 2.75) is 38.8 Å². The highest BCUT2D eigenvalue weighted by Gasteiger charge is 2.25. The van der Waals surface area contributed by atoms with E-state index in [1.807, 2.05) is 0 Å². The first kappa shape index (κ1) is 16.8. The van der Waals surface area contributed by atoms with E-state index in [1.54, 1.807) is 45.0 Å². The second kappa shape index (κ2) is 6.97. The van der Waals surface area contributed by atoms with Crippen molar-refractivity contribution in [3.05, 3.63) is 29.8 Å². The van der Waals surface area contributed by atoms with Gasteiger partial charge < -0.3 is 20.5 Å². The molecule has 116 valence electrons. The standard InChI is InChI=1S/C15H22N2O4/c1-15(2,3)21-14(19)17-12(13(18)20-4)9-10-5-7-11(16)8-6-10/h5-8,12H,9,16H2,1-4H3,(H,17,19)/t12-/m1/s1. The summed E-state index contributed by atoms with van der Waals surface area (Å²) in [7, 11) is 1.27. The maximum atomic E-state index is 11.8. The molecule has 0 heterocycles. The number of carbonyl (C=O) groups excluding carboxylic acids is 2. The zero-order valence-electron chi connectivity index (χ0n) is 12.8. The van der Waals surface area contributed by atoms with E-state index in [0.717, 1.165) is 5.56 Å². The summed E-state index contributed by atoms with van der Waals surface area (Å²) in [4.78, 5) is 23.5. The van der Waals surface area contributed by atoms with E-state index in [2.05, 4.69) is 5.32 Å². The summed E-state index contributed by atoms with van der Waals surface area (Å²) in [5, 5.41) is 2.52. The number of nitrogens with one attached hydrogen (secondary N) is 1. The lowest BCUT2D eigenvalue weighted by Gasteiger charge is -2.22. The Kier molecular flexibility index (Phi) is 5.58. The highest BCUT2D eigenvalue weighted by atomic mass is 16.6. The van der Waals surface area contributed by atoms with E-state index >= 15 is 0 Å². The van der Waals surface area contributed by atoms with Crippen LogP contribution in [0.5, 0.6) is 0 Å². The number of hydrogen-bond acceptors (Lipinski definition) is 5. The third-order valence-electron chi connectivity index (χ3n) is 2.60. The number of esters is 1. The van der Waals surface area contributed by atoms with Gasteiger partial charge in [-0.1, -0.05) is 12.1 Å². The molecule has 0 spiro atoms. The molecule has 1 rings (SSSR count). The minimum Gasteiger partial charge on any atom is -0.467 e. The van der Waals surface area contributed by atoms with Gasteiger partial charge in [0.1, 0.15) is 11.6 Å². The zero-order valence-corrected chi connectivity index (χ0v) is 12.8. The molecular weight excluding hydrogens is 272 g/mol. The first-order valence-corrected chi connectivity index (χ1v) is 6.63. The maximum Gasteiger partial charge on any atom is 0.408 e. The molecule has 6 nitrogen and oxygen atoms in total. The first-order valence-electron chi connectivity index (χ1n) is 6.63. The number of hydrogen-bond donors (Lipinski definition) is 2. The average molecular weight is 294 g/mol. The van der Waals surface area contributed by atoms with Gasteiger partial charge in [-0.2, -0.15) is 0 Å². The molecule has 0 aliphatic carbocycles. The fourth-order valence-electron chi connectivity index (χ4n) is 1.67. The van der Waals surface area contributed by atoms with E-state index in [1.165, 1.54) is 7.11 Å². The molecule has 0 aliphatic heterocycles. The number of ether oxygens (including phenoxy) is 2. The number of nitrogens with two attached hydrogens (primary N) is 1. The highest BCUT2D eigenvalue weighted by molar-refractivity contribution is 5.81. The largest absolute Gasteiger partial charge is 0.467 e. The third kappa shape index (κ3) is 6.16. The molecule has 0 radical (unpaired) electrons. The molecule has 6 heteroatoms. The number of anilines is 1. The van der Waals surface area contributed by atoms with Gasteiger partial charge in [0.05, 0.1) is 7.11 Å². The van der Waals surface area contributed by atoms with Crippen LogP contribution in [0.1, 0.15) is 26.3 Å². The summed E-state index contributed by atoms with van der Waals surface area (Å²) in [5.74, 6) is -0.530. The molecule has 0 saturated carbocycles. The predicted octanol–water partition coefficient (Wildman–Crippen LogP) is 1.88. The molecule has 3 N–H and O–H groups in total. The molecule has 21 heavy (non-hydrogen) atoms. The molecule has 0 fully saturated rings. The molecule has 1 atom stereocenters. The topological polar surface area (TPSA) is 90.6 Å². The van der Waals surface area contributed by atoms with Crippen LogP contribution >= 0.6 is 0 Å². The SMILES string of the molecule is COC(=O)[C@@H](Cc1ccc(N)cc1)NC(=O)OC(C)(C)C. The lowest BCUT2D eigenvalue weighted by Crippen LogP contribution is -2.45. The summed E-state index contributed by atoms with van der Waals surface area (Å²) in [6, 6.07) is 6.24. The van der Waals surface area contributed by atoms with Gasteiger partial charge in [0.2, 0.25) is 0 Å². The molecule has 0 aliphatic rings. The van der Waals surface area contributed by atoms with Crippen LogP contribution < -0.4 is 11.1 Å². The van der Waals surface area contributed by atoms with Gasteiger partial charge in [0.25, 0.3) is 0 Å². The van der Waals surface area contributed by atoms with Crippen LogP contribution in [0.4, 0.5) is 10.5 Å². The van der Waals surface area contributed by atoms with Crippen molar-refractivity contribution in [3.63, 3.8) is 0 Å². The summed E-state index contributed by atoms with van der Waals surface area (Å²) >= 11 is 0. The van der Waals surface area contributed by atoms with Gasteiger partial charge in [0, 0.05) is 12.1 Å². The minimum absolute atomic E-state index is 0.298. The molecule has 0 bridgehead atoms. The van der Waals surface area contributed by atoms with Gasteiger partial charge >= 0.3 is 12.1 Å². The number of alkyl carbamates (subject to hydrolysis) is 1. The zero-order chi connectivity index (χ0) is 16.0. The summed E-state index contributed by atoms with van der Waals surface area (Å²) in [5.41, 5.74) is 6.47. The van der Waals surface area contributed by atoms with Gasteiger partial charge in [-0.05, 0) is 38.5 Å². The van der Waals surface area contributed by atoms with Crippen molar-refractivity contribution >= 4 is 17.7 Å². The van der Waals surface area contributed by atoms with Gasteiger partial charge in [-0.3, -0.25) is 0 Å². The Bertz CT molecular complexity index is 491. The summed E-state index contributed by atoms with van der Waals surface area (Å²) in [6.45, 7) is 5.25. The Morgan fingerprint density at radius 2 is 1.81 bits per heavy atom. The summed E-state index contributed by atoms with van der Waals surface area (Å²) < 4.78 is 9.85. The third-order valence-corrected chi connectivity index (χ3v) is 2.60. The van der Waals surface area contributed by atoms with Crippen molar-refractivity contribution in [3.8, 4) is 0 Å². The van der Waals surface area contributed by atoms with E-state index in [4.69, 9.17) is 15.2 Å². The number of methoxy groups -OCH3 is 1. The highest BCUT2D eigenvalue weighted by Crippen LogP contribution is 2.10. The van der Waals surface area contributed by atoms with Crippen molar-refractivity contribution in [2.24, 2.45) is 0 Å². The normalized spacial score (nSPS) is 12.4. The lowest BCUT2D eigenvalue weighted by molar-refractivity contribution is -0.143. The quantitative estimate of drug-likeness (QED) is 0.653. The van der Waals surface area contributed by atoms with Gasteiger partial charge in [-0.25, -0.2) is 9.59 Å². The maximum absolute atomic E-state index is 11.8. The van der Waals surface area contributed by atoms with E-state index in [-0.39, 0.29) is 0 Å². The Labute approximate surface area is 124 Å². The van der Waals surface area contributed by atoms with Crippen LogP contribution in [0.2, 0.25) is 0 Å². The Balaban J connectivity index is 2.74. The second-order valence-electron chi connectivity index (χ2n) is 5.67. The number of carbonyl (C=O) groups is 2. The van der Waals surface area contributed by atoms with Crippen LogP contribution in [-0.2, 0) is 20.7 Å². The van der Waals surface area contributed by atoms with E-state index < -0.39 is 23.7 Å². The number of nitrogen functional groups attached to an aromatic ring is 1. The molecule has 1 aromatic carbocycles. The van der Waals surface area contributed by atoms with Gasteiger partial charge in [0.15, 0.2) is 0 Å². The van der Waals surface area contributed by atoms with Crippen LogP contribution in [0.25, 0.3) is 0 Å². The van der Waals surface area contributed by atoms with E-state index in [0.29, 0.717) is 12.1 Å². The smallest absolute Gasteiger partial charge is 0.408 e. The number of benzene rings is 1. The van der Waals surface area contributed by atoms with Crippen molar-refractivity contribution in [2.75, 3.05) is 12.8 Å². The average Bonchev–Trinajstić information content (AvgIpc) is 2.37. The van der Waals surface area contributed by atoms with Gasteiger partial charge in [-0.15, -0.1) is 0 Å². The molecule has 1 amide bonds. The Morgan fingerprint density at radius 3 is 2.29 bits per heavy atom. The Hall–Kier alpha value is -2.24. The monoisotopic (exact) mass is 294 g/mol. The van der Waals surface area contributed by atoms with Crippen molar-refractivity contribution < 1.29 is 19.1 Å². The molecule has 0 saturated heterocycles. The fourth-order valence-corrected chi connectivity index (χ4v) is 1.67. The molecule has 0 aromatic heterocycles.